The van der Waals surface area contributed by atoms with Crippen LogP contribution in [-0.4, -0.2) is 23.9 Å². The van der Waals surface area contributed by atoms with Crippen LogP contribution in [0.2, 0.25) is 0 Å². The van der Waals surface area contributed by atoms with Crippen LogP contribution in [0.5, 0.6) is 0 Å². The second-order valence-corrected chi connectivity index (χ2v) is 6.68. The number of aliphatic hydroxyl groups excluding tert-OH is 1. The summed E-state index contributed by atoms with van der Waals surface area (Å²) in [5, 5.41) is 9.72. The third-order valence-electron chi connectivity index (χ3n) is 4.07. The van der Waals surface area contributed by atoms with Crippen LogP contribution >= 0.6 is 8.69 Å². The number of allylic oxidation sites excluding steroid dienone is 1. The summed E-state index contributed by atoms with van der Waals surface area (Å²) >= 11 is 0. The van der Waals surface area contributed by atoms with Gasteiger partial charge in [0, 0.05) is 0 Å². The summed E-state index contributed by atoms with van der Waals surface area (Å²) in [6.45, 7) is 2.35. The van der Waals surface area contributed by atoms with Crippen molar-refractivity contribution in [3.63, 3.8) is 0 Å². The van der Waals surface area contributed by atoms with Crippen LogP contribution in [0, 0.1) is 0 Å². The molecule has 0 amide bonds. The van der Waals surface area contributed by atoms with Crippen LogP contribution in [0.3, 0.4) is 0 Å². The highest BCUT2D eigenvalue weighted by molar-refractivity contribution is 7.17. The minimum atomic E-state index is -0.732. The Morgan fingerprint density at radius 2 is 1.52 bits per heavy atom. The fourth-order valence-corrected chi connectivity index (χ4v) is 2.75. The largest absolute Gasteiger partial charge is 0.387 e. The summed E-state index contributed by atoms with van der Waals surface area (Å²) in [5.74, 6) is 0. The third-order valence-corrected chi connectivity index (χ3v) is 4.32. The Labute approximate surface area is 144 Å². The van der Waals surface area contributed by atoms with Crippen LogP contribution in [0.15, 0.2) is 12.2 Å². The maximum Gasteiger partial charge on any atom is 0.327 e. The fraction of sp³-hybridized carbons (Fsp3) is 0.889. The van der Waals surface area contributed by atoms with Gasteiger partial charge in [0.1, 0.15) is 0 Å². The minimum Gasteiger partial charge on any atom is -0.387 e. The Hall–Kier alpha value is -0.280. The molecular formula is C18H36NO3P. The summed E-state index contributed by atoms with van der Waals surface area (Å²) in [7, 11) is -0.396. The molecule has 0 radical (unpaired) electrons. The third kappa shape index (κ3) is 16.4. The highest BCUT2D eigenvalue weighted by Gasteiger charge is 2.11. The van der Waals surface area contributed by atoms with Gasteiger partial charge >= 0.3 is 8.69 Å². The molecular weight excluding hydrogens is 309 g/mol. The van der Waals surface area contributed by atoms with E-state index in [1.165, 1.54) is 64.2 Å². The van der Waals surface area contributed by atoms with Gasteiger partial charge in [-0.15, -0.1) is 0 Å². The van der Waals surface area contributed by atoms with Crippen LogP contribution in [0.1, 0.15) is 84.0 Å². The van der Waals surface area contributed by atoms with Crippen LogP contribution in [0.4, 0.5) is 0 Å². The Bertz CT molecular complexity index is 287. The summed E-state index contributed by atoms with van der Waals surface area (Å²) in [6, 6.07) is -0.523. The second-order valence-electron chi connectivity index (χ2n) is 6.28. The second kappa shape index (κ2) is 18.1. The van der Waals surface area contributed by atoms with E-state index in [1.807, 2.05) is 6.08 Å². The lowest BCUT2D eigenvalue weighted by Gasteiger charge is -2.13. The molecule has 4 nitrogen and oxygen atoms in total. The van der Waals surface area contributed by atoms with Gasteiger partial charge in [0.15, 0.2) is 0 Å². The normalized spacial score (nSPS) is 14.6. The highest BCUT2D eigenvalue weighted by atomic mass is 31.1. The van der Waals surface area contributed by atoms with E-state index in [1.54, 1.807) is 6.08 Å². The number of unbranched alkanes of at least 4 members (excludes halogenated alkanes) is 11. The van der Waals surface area contributed by atoms with Crippen molar-refractivity contribution in [2.75, 3.05) is 6.61 Å². The first-order chi connectivity index (χ1) is 11.2. The molecule has 3 N–H and O–H groups in total. The van der Waals surface area contributed by atoms with Gasteiger partial charge in [-0.05, 0) is 12.8 Å². The van der Waals surface area contributed by atoms with E-state index in [9.17, 15) is 9.67 Å². The zero-order chi connectivity index (χ0) is 17.2. The van der Waals surface area contributed by atoms with Gasteiger partial charge in [-0.1, -0.05) is 83.3 Å². The van der Waals surface area contributed by atoms with Crippen molar-refractivity contribution < 1.29 is 14.2 Å². The molecule has 0 aliphatic heterocycles. The van der Waals surface area contributed by atoms with E-state index >= 15 is 0 Å². The predicted octanol–water partition coefficient (Wildman–Crippen LogP) is 5.16. The molecule has 0 unspecified atom stereocenters. The van der Waals surface area contributed by atoms with Crippen molar-refractivity contribution in [2.45, 2.75) is 96.1 Å². The minimum absolute atomic E-state index is 0.0923. The molecule has 0 bridgehead atoms. The molecule has 0 aromatic rings. The first-order valence-corrected chi connectivity index (χ1v) is 10.00. The molecule has 136 valence electrons. The van der Waals surface area contributed by atoms with Gasteiger partial charge in [-0.2, -0.15) is 0 Å². The summed E-state index contributed by atoms with van der Waals surface area (Å²) in [6.07, 6.45) is 18.7. The van der Waals surface area contributed by atoms with E-state index in [-0.39, 0.29) is 6.61 Å². The summed E-state index contributed by atoms with van der Waals surface area (Å²) in [5.41, 5.74) is 5.68. The number of hydrogen-bond acceptors (Lipinski definition) is 4. The van der Waals surface area contributed by atoms with Crippen molar-refractivity contribution in [1.29, 1.82) is 0 Å². The Balaban J connectivity index is 3.31. The fourth-order valence-electron chi connectivity index (χ4n) is 2.52. The van der Waals surface area contributed by atoms with E-state index < -0.39 is 20.8 Å². The van der Waals surface area contributed by atoms with E-state index in [0.717, 1.165) is 12.8 Å². The van der Waals surface area contributed by atoms with Gasteiger partial charge in [0.25, 0.3) is 0 Å². The van der Waals surface area contributed by atoms with E-state index in [0.29, 0.717) is 0 Å². The molecule has 0 fully saturated rings. The highest BCUT2D eigenvalue weighted by Crippen LogP contribution is 2.12. The molecule has 0 aromatic carbocycles. The molecule has 0 aromatic heterocycles. The van der Waals surface area contributed by atoms with Crippen molar-refractivity contribution >= 4 is 8.69 Å². The first-order valence-electron chi connectivity index (χ1n) is 9.27. The zero-order valence-electron chi connectivity index (χ0n) is 14.8. The number of aliphatic hydroxyl groups is 1. The summed E-state index contributed by atoms with van der Waals surface area (Å²) < 4.78 is 14.8. The topological polar surface area (TPSA) is 72.6 Å². The average Bonchev–Trinajstić information content (AvgIpc) is 2.56. The lowest BCUT2D eigenvalue weighted by Crippen LogP contribution is -2.36. The molecule has 0 heterocycles. The Morgan fingerprint density at radius 1 is 1.00 bits per heavy atom. The quantitative estimate of drug-likeness (QED) is 0.217. The molecule has 0 spiro atoms. The Morgan fingerprint density at radius 3 is 2.04 bits per heavy atom. The summed E-state index contributed by atoms with van der Waals surface area (Å²) in [4.78, 5) is 0. The molecule has 2 atom stereocenters. The lowest BCUT2D eigenvalue weighted by atomic mass is 10.0. The number of hydrogen-bond donors (Lipinski definition) is 2. The Kier molecular flexibility index (Phi) is 17.8. The van der Waals surface area contributed by atoms with Crippen molar-refractivity contribution in [3.05, 3.63) is 12.2 Å². The van der Waals surface area contributed by atoms with Crippen molar-refractivity contribution in [2.24, 2.45) is 5.73 Å². The molecule has 0 saturated heterocycles. The predicted molar refractivity (Wildman–Crippen MR) is 97.8 cm³/mol. The van der Waals surface area contributed by atoms with Gasteiger partial charge in [0.05, 0.1) is 18.8 Å². The molecule has 23 heavy (non-hydrogen) atoms. The van der Waals surface area contributed by atoms with Crippen LogP contribution in [0.25, 0.3) is 0 Å². The van der Waals surface area contributed by atoms with Gasteiger partial charge in [0.2, 0.25) is 0 Å². The first kappa shape index (κ1) is 22.7. The lowest BCUT2D eigenvalue weighted by molar-refractivity contribution is 0.158. The smallest absolute Gasteiger partial charge is 0.327 e. The van der Waals surface area contributed by atoms with E-state index in [2.05, 4.69) is 11.4 Å². The van der Waals surface area contributed by atoms with Gasteiger partial charge in [-0.25, -0.2) is 4.57 Å². The average molecular weight is 345 g/mol. The van der Waals surface area contributed by atoms with Crippen LogP contribution in [-0.2, 0) is 9.09 Å². The SMILES string of the molecule is CCCCCCCCCCCCC/C=C/[C@@H](O)[C@@H](N)COP=O. The van der Waals surface area contributed by atoms with Crippen molar-refractivity contribution in [1.82, 2.24) is 0 Å². The molecule has 0 rings (SSSR count). The van der Waals surface area contributed by atoms with Crippen molar-refractivity contribution in [3.8, 4) is 0 Å². The maximum absolute atomic E-state index is 10.1. The maximum atomic E-state index is 10.1. The van der Waals surface area contributed by atoms with Gasteiger partial charge < -0.3 is 10.8 Å². The number of nitrogens with two attached hydrogens (primary N) is 1. The number of rotatable bonds is 17. The molecule has 0 saturated carbocycles. The van der Waals surface area contributed by atoms with Crippen LogP contribution < -0.4 is 5.73 Å². The molecule has 5 heteroatoms. The molecule has 0 aliphatic carbocycles. The zero-order valence-corrected chi connectivity index (χ0v) is 15.7. The van der Waals surface area contributed by atoms with Gasteiger partial charge in [-0.3, -0.25) is 4.52 Å². The molecule has 0 aliphatic rings. The standard InChI is InChI=1S/C18H36NO3P/c1-2-3-4-5-6-7-8-9-10-11-12-13-14-15-18(20)17(19)16-22-23-21/h14-15,17-18,20H,2-13,16,19H2,1H3/b15-14+/t17-,18+/m0/s1. The van der Waals surface area contributed by atoms with E-state index in [4.69, 9.17) is 5.73 Å². The monoisotopic (exact) mass is 345 g/mol.